The molecule has 1 heterocycles. The number of esters is 1. The quantitative estimate of drug-likeness (QED) is 0.466. The number of anilines is 1. The van der Waals surface area contributed by atoms with Crippen LogP contribution in [0.25, 0.3) is 0 Å². The number of imide groups is 1. The van der Waals surface area contributed by atoms with Gasteiger partial charge in [-0.25, -0.2) is 0 Å². The molecule has 9 nitrogen and oxygen atoms in total. The van der Waals surface area contributed by atoms with Gasteiger partial charge in [-0.05, 0) is 30.9 Å². The Morgan fingerprint density at radius 3 is 2.31 bits per heavy atom. The van der Waals surface area contributed by atoms with E-state index in [0.717, 1.165) is 17.7 Å². The van der Waals surface area contributed by atoms with Crippen molar-refractivity contribution < 1.29 is 28.7 Å². The number of ether oxygens (including phenoxy) is 1. The number of benzene rings is 1. The maximum absolute atomic E-state index is 12.4. The van der Waals surface area contributed by atoms with E-state index in [1.54, 1.807) is 24.3 Å². The van der Waals surface area contributed by atoms with E-state index >= 15 is 0 Å². The normalized spacial score (nSPS) is 20.2. The second kappa shape index (κ2) is 10.4. The van der Waals surface area contributed by atoms with Crippen LogP contribution in [0.4, 0.5) is 5.69 Å². The third kappa shape index (κ3) is 5.52. The van der Waals surface area contributed by atoms with Crippen molar-refractivity contribution in [3.8, 4) is 0 Å². The molecule has 172 valence electrons. The molecule has 0 spiro atoms. The molecule has 3 rings (SSSR count). The molecule has 1 aliphatic heterocycles. The lowest BCUT2D eigenvalue weighted by Crippen LogP contribution is -2.37. The Balaban J connectivity index is 1.51. The zero-order valence-corrected chi connectivity index (χ0v) is 18.4. The van der Waals surface area contributed by atoms with Crippen molar-refractivity contribution in [1.82, 2.24) is 10.2 Å². The van der Waals surface area contributed by atoms with Gasteiger partial charge in [0, 0.05) is 6.54 Å². The van der Waals surface area contributed by atoms with Gasteiger partial charge in [-0.2, -0.15) is 0 Å². The maximum Gasteiger partial charge on any atom is 0.326 e. The predicted octanol–water partition coefficient (Wildman–Crippen LogP) is 1.73. The van der Waals surface area contributed by atoms with E-state index in [1.807, 2.05) is 13.8 Å². The van der Waals surface area contributed by atoms with Crippen LogP contribution in [0.2, 0.25) is 0 Å². The summed E-state index contributed by atoms with van der Waals surface area (Å²) in [6.07, 6.45) is 3.12. The third-order valence-electron chi connectivity index (χ3n) is 5.70. The van der Waals surface area contributed by atoms with Crippen LogP contribution in [0.5, 0.6) is 0 Å². The number of para-hydroxylation sites is 1. The van der Waals surface area contributed by atoms with Crippen LogP contribution in [0, 0.1) is 17.8 Å². The number of nitrogens with zero attached hydrogens (tertiary/aromatic N) is 1. The number of carbonyl (C=O) groups excluding carboxylic acids is 5. The Hall–Kier alpha value is -3.23. The lowest BCUT2D eigenvalue weighted by Gasteiger charge is -2.19. The van der Waals surface area contributed by atoms with E-state index in [-0.39, 0.29) is 35.5 Å². The highest BCUT2D eigenvalue weighted by Crippen LogP contribution is 2.37. The lowest BCUT2D eigenvalue weighted by molar-refractivity contribution is -0.154. The van der Waals surface area contributed by atoms with E-state index in [9.17, 15) is 24.0 Å². The lowest BCUT2D eigenvalue weighted by atomic mass is 9.81. The zero-order chi connectivity index (χ0) is 23.3. The summed E-state index contributed by atoms with van der Waals surface area (Å²) in [5.74, 6) is -2.85. The van der Waals surface area contributed by atoms with Gasteiger partial charge < -0.3 is 15.4 Å². The first-order chi connectivity index (χ1) is 15.3. The first-order valence-electron chi connectivity index (χ1n) is 11.0. The van der Waals surface area contributed by atoms with Crippen molar-refractivity contribution in [2.75, 3.05) is 25.0 Å². The van der Waals surface area contributed by atoms with Crippen molar-refractivity contribution in [2.45, 2.75) is 39.5 Å². The van der Waals surface area contributed by atoms with E-state index in [1.165, 1.54) is 0 Å². The number of hydrogen-bond donors (Lipinski definition) is 2. The fourth-order valence-corrected chi connectivity index (χ4v) is 4.08. The third-order valence-corrected chi connectivity index (χ3v) is 5.70. The topological polar surface area (TPSA) is 122 Å². The Morgan fingerprint density at radius 2 is 1.69 bits per heavy atom. The van der Waals surface area contributed by atoms with Crippen molar-refractivity contribution in [3.05, 3.63) is 29.8 Å². The van der Waals surface area contributed by atoms with Crippen LogP contribution < -0.4 is 10.6 Å². The zero-order valence-electron chi connectivity index (χ0n) is 18.4. The van der Waals surface area contributed by atoms with Crippen molar-refractivity contribution in [2.24, 2.45) is 17.8 Å². The summed E-state index contributed by atoms with van der Waals surface area (Å²) in [7, 11) is 0. The van der Waals surface area contributed by atoms with Crippen molar-refractivity contribution >= 4 is 35.3 Å². The molecule has 0 aromatic heterocycles. The van der Waals surface area contributed by atoms with Crippen molar-refractivity contribution in [1.29, 1.82) is 0 Å². The monoisotopic (exact) mass is 443 g/mol. The Labute approximate surface area is 186 Å². The van der Waals surface area contributed by atoms with Gasteiger partial charge in [0.15, 0.2) is 6.61 Å². The smallest absolute Gasteiger partial charge is 0.326 e. The minimum Gasteiger partial charge on any atom is -0.454 e. The molecule has 32 heavy (non-hydrogen) atoms. The number of rotatable bonds is 8. The van der Waals surface area contributed by atoms with E-state index < -0.39 is 25.0 Å². The fraction of sp³-hybridized carbons (Fsp3) is 0.522. The van der Waals surface area contributed by atoms with Crippen LogP contribution in [-0.4, -0.2) is 54.2 Å². The molecular weight excluding hydrogens is 414 g/mol. The van der Waals surface area contributed by atoms with Gasteiger partial charge >= 0.3 is 5.97 Å². The summed E-state index contributed by atoms with van der Waals surface area (Å²) >= 11 is 0. The summed E-state index contributed by atoms with van der Waals surface area (Å²) < 4.78 is 4.97. The second-order valence-corrected chi connectivity index (χ2v) is 8.62. The van der Waals surface area contributed by atoms with Gasteiger partial charge in [-0.15, -0.1) is 0 Å². The Kier molecular flexibility index (Phi) is 7.61. The highest BCUT2D eigenvalue weighted by molar-refractivity contribution is 6.07. The Bertz CT molecular complexity index is 889. The molecular formula is C23H29N3O6. The molecule has 1 saturated carbocycles. The average Bonchev–Trinajstić information content (AvgIpc) is 3.01. The first kappa shape index (κ1) is 23.4. The molecule has 2 aliphatic rings. The minimum atomic E-state index is -0.830. The minimum absolute atomic E-state index is 0.276. The van der Waals surface area contributed by atoms with Gasteiger partial charge in [0.2, 0.25) is 11.8 Å². The number of hydrogen-bond acceptors (Lipinski definition) is 6. The van der Waals surface area contributed by atoms with Crippen LogP contribution in [0.3, 0.4) is 0 Å². The second-order valence-electron chi connectivity index (χ2n) is 8.62. The van der Waals surface area contributed by atoms with E-state index in [4.69, 9.17) is 4.74 Å². The van der Waals surface area contributed by atoms with E-state index in [0.29, 0.717) is 30.6 Å². The average molecular weight is 444 g/mol. The van der Waals surface area contributed by atoms with Gasteiger partial charge in [0.25, 0.3) is 11.8 Å². The molecule has 9 heteroatoms. The summed E-state index contributed by atoms with van der Waals surface area (Å²) in [5, 5.41) is 5.35. The molecule has 1 aromatic carbocycles. The van der Waals surface area contributed by atoms with Gasteiger partial charge in [-0.3, -0.25) is 28.9 Å². The standard InChI is InChI=1S/C23H29N3O6/c1-14(2)11-24-21(29)17-9-5-6-10-18(17)25-19(27)13-32-20(28)12-26-22(30)15-7-3-4-8-16(15)23(26)31/h5-6,9-10,14-16H,3-4,7-8,11-13H2,1-2H3,(H,24,29)(H,25,27)/t15-,16-/m0/s1. The number of nitrogens with one attached hydrogen (secondary N) is 2. The first-order valence-corrected chi connectivity index (χ1v) is 11.0. The van der Waals surface area contributed by atoms with Crippen molar-refractivity contribution in [3.63, 3.8) is 0 Å². The summed E-state index contributed by atoms with van der Waals surface area (Å²) in [6, 6.07) is 6.52. The highest BCUT2D eigenvalue weighted by Gasteiger charge is 2.48. The SMILES string of the molecule is CC(C)CNC(=O)c1ccccc1NC(=O)COC(=O)CN1C(=O)[C@H]2CCCC[C@@H]2C1=O. The Morgan fingerprint density at radius 1 is 1.06 bits per heavy atom. The summed E-state index contributed by atoms with van der Waals surface area (Å²) in [6.45, 7) is 3.35. The molecule has 0 bridgehead atoms. The van der Waals surface area contributed by atoms with Gasteiger partial charge in [-0.1, -0.05) is 38.8 Å². The number of likely N-dealkylation sites (tertiary alicyclic amines) is 1. The largest absolute Gasteiger partial charge is 0.454 e. The number of amides is 4. The fourth-order valence-electron chi connectivity index (χ4n) is 4.08. The molecule has 2 atom stereocenters. The highest BCUT2D eigenvalue weighted by atomic mass is 16.5. The molecule has 2 fully saturated rings. The van der Waals surface area contributed by atoms with Crippen LogP contribution >= 0.6 is 0 Å². The molecule has 4 amide bonds. The van der Waals surface area contributed by atoms with Crippen LogP contribution in [0.15, 0.2) is 24.3 Å². The molecule has 2 N–H and O–H groups in total. The van der Waals surface area contributed by atoms with Gasteiger partial charge in [0.05, 0.1) is 23.1 Å². The predicted molar refractivity (Wildman–Crippen MR) is 115 cm³/mol. The summed E-state index contributed by atoms with van der Waals surface area (Å²) in [5.41, 5.74) is 0.590. The molecule has 0 unspecified atom stereocenters. The van der Waals surface area contributed by atoms with Crippen LogP contribution in [0.1, 0.15) is 49.9 Å². The molecule has 1 saturated heterocycles. The molecule has 1 aliphatic carbocycles. The van der Waals surface area contributed by atoms with Crippen LogP contribution in [-0.2, 0) is 23.9 Å². The summed E-state index contributed by atoms with van der Waals surface area (Å²) in [4.78, 5) is 62.6. The van der Waals surface area contributed by atoms with Gasteiger partial charge in [0.1, 0.15) is 6.54 Å². The maximum atomic E-state index is 12.4. The number of carbonyl (C=O) groups is 5. The van der Waals surface area contributed by atoms with E-state index in [2.05, 4.69) is 10.6 Å². The molecule has 1 aromatic rings. The number of fused-ring (bicyclic) bond motifs is 1. The molecule has 0 radical (unpaired) electrons.